The molecule has 0 radical (unpaired) electrons. The molecule has 1 aliphatic heterocycles. The molecule has 1 heterocycles. The SMILES string of the molecule is COc1cccc([C@@H](CCF)N2CCNCC2)c1F.Cl. The fraction of sp³-hybridized carbons (Fsp3) is 0.571. The summed E-state index contributed by atoms with van der Waals surface area (Å²) in [5.74, 6) is -0.154. The van der Waals surface area contributed by atoms with Gasteiger partial charge in [-0.2, -0.15) is 0 Å². The van der Waals surface area contributed by atoms with E-state index in [-0.39, 0.29) is 30.0 Å². The van der Waals surface area contributed by atoms with Gasteiger partial charge >= 0.3 is 0 Å². The summed E-state index contributed by atoms with van der Waals surface area (Å²) >= 11 is 0. The molecule has 0 spiro atoms. The third-order valence-corrected chi connectivity index (χ3v) is 3.55. The van der Waals surface area contributed by atoms with Gasteiger partial charge in [0.2, 0.25) is 0 Å². The van der Waals surface area contributed by atoms with Gasteiger partial charge in [-0.25, -0.2) is 4.39 Å². The Morgan fingerprint density at radius 3 is 2.65 bits per heavy atom. The summed E-state index contributed by atoms with van der Waals surface area (Å²) in [6.45, 7) is 2.87. The van der Waals surface area contributed by atoms with Crippen molar-refractivity contribution >= 4 is 12.4 Å². The summed E-state index contributed by atoms with van der Waals surface area (Å²) in [6, 6.07) is 4.84. The maximum absolute atomic E-state index is 14.3. The molecule has 0 aromatic heterocycles. The third kappa shape index (κ3) is 3.81. The molecule has 1 N–H and O–H groups in total. The molecule has 6 heteroatoms. The molecule has 1 fully saturated rings. The smallest absolute Gasteiger partial charge is 0.169 e. The predicted molar refractivity (Wildman–Crippen MR) is 78.0 cm³/mol. The summed E-state index contributed by atoms with van der Waals surface area (Å²) in [5, 5.41) is 3.25. The van der Waals surface area contributed by atoms with Crippen LogP contribution in [0.2, 0.25) is 0 Å². The number of benzene rings is 1. The van der Waals surface area contributed by atoms with Gasteiger partial charge in [-0.3, -0.25) is 9.29 Å². The average molecular weight is 307 g/mol. The van der Waals surface area contributed by atoms with Crippen molar-refractivity contribution in [3.05, 3.63) is 29.6 Å². The van der Waals surface area contributed by atoms with Gasteiger partial charge < -0.3 is 10.1 Å². The number of methoxy groups -OCH3 is 1. The van der Waals surface area contributed by atoms with Crippen molar-refractivity contribution in [3.8, 4) is 5.75 Å². The zero-order chi connectivity index (χ0) is 13.7. The minimum atomic E-state index is -0.453. The molecule has 0 amide bonds. The van der Waals surface area contributed by atoms with Crippen molar-refractivity contribution in [1.82, 2.24) is 10.2 Å². The van der Waals surface area contributed by atoms with Crippen molar-refractivity contribution in [3.63, 3.8) is 0 Å². The lowest BCUT2D eigenvalue weighted by atomic mass is 10.0. The van der Waals surface area contributed by atoms with Crippen LogP contribution in [0.3, 0.4) is 0 Å². The van der Waals surface area contributed by atoms with Crippen LogP contribution >= 0.6 is 12.4 Å². The lowest BCUT2D eigenvalue weighted by Gasteiger charge is -2.35. The highest BCUT2D eigenvalue weighted by atomic mass is 35.5. The molecule has 1 saturated heterocycles. The van der Waals surface area contributed by atoms with Crippen molar-refractivity contribution in [1.29, 1.82) is 0 Å². The molecule has 0 aliphatic carbocycles. The molecule has 2 rings (SSSR count). The van der Waals surface area contributed by atoms with E-state index < -0.39 is 6.67 Å². The maximum atomic E-state index is 14.3. The quantitative estimate of drug-likeness (QED) is 0.905. The van der Waals surface area contributed by atoms with Crippen LogP contribution < -0.4 is 10.1 Å². The molecule has 1 atom stereocenters. The first-order chi connectivity index (χ1) is 9.27. The number of rotatable bonds is 5. The Balaban J connectivity index is 0.00000200. The highest BCUT2D eigenvalue weighted by molar-refractivity contribution is 5.85. The fourth-order valence-electron chi connectivity index (χ4n) is 2.57. The van der Waals surface area contributed by atoms with Gasteiger partial charge in [-0.1, -0.05) is 12.1 Å². The number of nitrogens with zero attached hydrogens (tertiary/aromatic N) is 1. The summed E-state index contributed by atoms with van der Waals surface area (Å²) in [5.41, 5.74) is 0.527. The van der Waals surface area contributed by atoms with E-state index in [2.05, 4.69) is 10.2 Å². The van der Waals surface area contributed by atoms with Crippen LogP contribution in [0.25, 0.3) is 0 Å². The van der Waals surface area contributed by atoms with Crippen LogP contribution in [-0.2, 0) is 0 Å². The van der Waals surface area contributed by atoms with E-state index in [1.54, 1.807) is 18.2 Å². The molecule has 20 heavy (non-hydrogen) atoms. The molecule has 0 unspecified atom stereocenters. The second-order valence-electron chi connectivity index (χ2n) is 4.64. The minimum Gasteiger partial charge on any atom is -0.494 e. The van der Waals surface area contributed by atoms with E-state index in [1.807, 2.05) is 0 Å². The molecule has 0 bridgehead atoms. The first kappa shape index (κ1) is 17.1. The van der Waals surface area contributed by atoms with Gasteiger partial charge in [-0.05, 0) is 12.5 Å². The Kier molecular flexibility index (Phi) is 7.19. The normalized spacial score (nSPS) is 17.4. The van der Waals surface area contributed by atoms with Crippen molar-refractivity contribution < 1.29 is 13.5 Å². The number of piperazine rings is 1. The van der Waals surface area contributed by atoms with Gasteiger partial charge in [-0.15, -0.1) is 12.4 Å². The maximum Gasteiger partial charge on any atom is 0.169 e. The number of ether oxygens (including phenoxy) is 1. The molecule has 3 nitrogen and oxygen atoms in total. The van der Waals surface area contributed by atoms with Gasteiger partial charge in [0, 0.05) is 37.8 Å². The molecular formula is C14H21ClF2N2O. The highest BCUT2D eigenvalue weighted by Gasteiger charge is 2.25. The zero-order valence-electron chi connectivity index (χ0n) is 11.6. The molecule has 114 valence electrons. The van der Waals surface area contributed by atoms with Crippen LogP contribution in [0, 0.1) is 5.82 Å². The first-order valence-corrected chi connectivity index (χ1v) is 6.61. The van der Waals surface area contributed by atoms with Gasteiger partial charge in [0.05, 0.1) is 13.8 Å². The van der Waals surface area contributed by atoms with E-state index in [1.165, 1.54) is 7.11 Å². The van der Waals surface area contributed by atoms with E-state index in [0.29, 0.717) is 12.0 Å². The summed E-state index contributed by atoms with van der Waals surface area (Å²) in [4.78, 5) is 2.13. The second-order valence-corrected chi connectivity index (χ2v) is 4.64. The van der Waals surface area contributed by atoms with E-state index in [4.69, 9.17) is 4.74 Å². The Bertz CT molecular complexity index is 414. The van der Waals surface area contributed by atoms with Crippen LogP contribution in [0.15, 0.2) is 18.2 Å². The first-order valence-electron chi connectivity index (χ1n) is 6.61. The molecule has 1 aromatic carbocycles. The van der Waals surface area contributed by atoms with Gasteiger partial charge in [0.25, 0.3) is 0 Å². The topological polar surface area (TPSA) is 24.5 Å². The lowest BCUT2D eigenvalue weighted by molar-refractivity contribution is 0.154. The van der Waals surface area contributed by atoms with E-state index in [9.17, 15) is 8.78 Å². The predicted octanol–water partition coefficient (Wildman–Crippen LogP) is 2.56. The number of nitrogens with one attached hydrogen (secondary N) is 1. The summed E-state index contributed by atoms with van der Waals surface area (Å²) < 4.78 is 32.1. The Labute approximate surface area is 124 Å². The fourth-order valence-corrected chi connectivity index (χ4v) is 2.57. The average Bonchev–Trinajstić information content (AvgIpc) is 2.46. The van der Waals surface area contributed by atoms with E-state index >= 15 is 0 Å². The number of hydrogen-bond acceptors (Lipinski definition) is 3. The monoisotopic (exact) mass is 306 g/mol. The van der Waals surface area contributed by atoms with Crippen LogP contribution in [0.4, 0.5) is 8.78 Å². The summed E-state index contributed by atoms with van der Waals surface area (Å²) in [6.07, 6.45) is 0.310. The highest BCUT2D eigenvalue weighted by Crippen LogP contribution is 2.31. The van der Waals surface area contributed by atoms with Crippen LogP contribution in [0.1, 0.15) is 18.0 Å². The molecule has 1 aliphatic rings. The van der Waals surface area contributed by atoms with Crippen molar-refractivity contribution in [2.45, 2.75) is 12.5 Å². The third-order valence-electron chi connectivity index (χ3n) is 3.55. The van der Waals surface area contributed by atoms with Gasteiger partial charge in [0.1, 0.15) is 0 Å². The van der Waals surface area contributed by atoms with E-state index in [0.717, 1.165) is 26.2 Å². The largest absolute Gasteiger partial charge is 0.494 e. The second kappa shape index (κ2) is 8.39. The standard InChI is InChI=1S/C14H20F2N2O.ClH/c1-19-13-4-2-3-11(14(13)16)12(5-6-15)18-9-7-17-8-10-18;/h2-4,12,17H,5-10H2,1H3;1H/t12-;/m1./s1. The minimum absolute atomic E-state index is 0. The Hall–Kier alpha value is -0.910. The van der Waals surface area contributed by atoms with Crippen molar-refractivity contribution in [2.24, 2.45) is 0 Å². The van der Waals surface area contributed by atoms with Crippen molar-refractivity contribution in [2.75, 3.05) is 40.0 Å². The Morgan fingerprint density at radius 2 is 2.05 bits per heavy atom. The molecule has 0 saturated carbocycles. The van der Waals surface area contributed by atoms with Crippen LogP contribution in [0.5, 0.6) is 5.75 Å². The number of halogens is 3. The lowest BCUT2D eigenvalue weighted by Crippen LogP contribution is -2.45. The van der Waals surface area contributed by atoms with Crippen LogP contribution in [-0.4, -0.2) is 44.9 Å². The number of hydrogen-bond donors (Lipinski definition) is 1. The molecule has 1 aromatic rings. The number of alkyl halides is 1. The summed E-state index contributed by atoms with van der Waals surface area (Å²) in [7, 11) is 1.44. The zero-order valence-corrected chi connectivity index (χ0v) is 12.4. The Morgan fingerprint density at radius 1 is 1.35 bits per heavy atom. The van der Waals surface area contributed by atoms with Gasteiger partial charge in [0.15, 0.2) is 11.6 Å². The molecular weight excluding hydrogens is 286 g/mol.